The van der Waals surface area contributed by atoms with E-state index in [1.54, 1.807) is 18.2 Å². The number of fused-ring (bicyclic) bond motifs is 1. The predicted octanol–water partition coefficient (Wildman–Crippen LogP) is 4.96. The Balaban J connectivity index is 1.51. The van der Waals surface area contributed by atoms with Crippen LogP contribution in [0.1, 0.15) is 33.1 Å². The molecule has 1 atom stereocenters. The van der Waals surface area contributed by atoms with Crippen LogP contribution in [-0.4, -0.2) is 42.0 Å². The van der Waals surface area contributed by atoms with Gasteiger partial charge in [-0.2, -0.15) is 13.2 Å². The predicted molar refractivity (Wildman–Crippen MR) is 119 cm³/mol. The Hall–Kier alpha value is -3.59. The zero-order chi connectivity index (χ0) is 24.3. The van der Waals surface area contributed by atoms with Crippen molar-refractivity contribution in [3.8, 4) is 22.6 Å². The minimum Gasteiger partial charge on any atom is -0.489 e. The summed E-state index contributed by atoms with van der Waals surface area (Å²) in [7, 11) is 0. The summed E-state index contributed by atoms with van der Waals surface area (Å²) in [6, 6.07) is 12.2. The number of nitrogens with zero attached hydrogens (tertiary/aromatic N) is 1. The van der Waals surface area contributed by atoms with E-state index in [1.165, 1.54) is 18.5 Å². The van der Waals surface area contributed by atoms with Gasteiger partial charge in [0.05, 0.1) is 12.2 Å². The summed E-state index contributed by atoms with van der Waals surface area (Å²) in [5, 5.41) is 12.7. The van der Waals surface area contributed by atoms with Crippen LogP contribution in [-0.2, 0) is 6.42 Å². The molecule has 1 aromatic heterocycles. The molecule has 0 saturated heterocycles. The number of carboxylic acids is 1. The minimum atomic E-state index is -4.38. The van der Waals surface area contributed by atoms with Crippen LogP contribution in [0.5, 0.6) is 11.5 Å². The third-order valence-electron chi connectivity index (χ3n) is 5.64. The number of benzene rings is 2. The van der Waals surface area contributed by atoms with Gasteiger partial charge in [-0.05, 0) is 65.9 Å². The molecule has 2 N–H and O–H groups in total. The molecule has 1 aliphatic rings. The summed E-state index contributed by atoms with van der Waals surface area (Å²) in [6.07, 6.45) is -0.783. The van der Waals surface area contributed by atoms with E-state index < -0.39 is 18.8 Å². The SMILES string of the molecule is Cc1cc(OCC(F)(F)F)ccc1-c1ccc2c(c1)CCN[C@@H]2COc1cnccc1C(=O)O. The van der Waals surface area contributed by atoms with E-state index in [-0.39, 0.29) is 29.7 Å². The van der Waals surface area contributed by atoms with Gasteiger partial charge >= 0.3 is 12.1 Å². The smallest absolute Gasteiger partial charge is 0.422 e. The van der Waals surface area contributed by atoms with Crippen molar-refractivity contribution in [1.29, 1.82) is 0 Å². The fourth-order valence-corrected chi connectivity index (χ4v) is 4.03. The fraction of sp³-hybridized carbons (Fsp3) is 0.280. The molecule has 178 valence electrons. The van der Waals surface area contributed by atoms with Crippen LogP contribution in [0.25, 0.3) is 11.1 Å². The van der Waals surface area contributed by atoms with Crippen molar-refractivity contribution < 1.29 is 32.5 Å². The Bertz CT molecular complexity index is 1200. The second-order valence-corrected chi connectivity index (χ2v) is 8.04. The van der Waals surface area contributed by atoms with Gasteiger partial charge in [0.1, 0.15) is 17.9 Å². The summed E-state index contributed by atoms with van der Waals surface area (Å²) in [5.41, 5.74) is 4.92. The van der Waals surface area contributed by atoms with E-state index in [1.807, 2.05) is 19.1 Å². The molecule has 0 bridgehead atoms. The zero-order valence-electron chi connectivity index (χ0n) is 18.4. The molecule has 1 aliphatic heterocycles. The topological polar surface area (TPSA) is 80.7 Å². The number of hydrogen-bond acceptors (Lipinski definition) is 5. The number of aromatic nitrogens is 1. The summed E-state index contributed by atoms with van der Waals surface area (Å²) < 4.78 is 47.9. The highest BCUT2D eigenvalue weighted by molar-refractivity contribution is 5.90. The number of carbonyl (C=O) groups is 1. The lowest BCUT2D eigenvalue weighted by molar-refractivity contribution is -0.153. The molecule has 9 heteroatoms. The van der Waals surface area contributed by atoms with Gasteiger partial charge in [0.2, 0.25) is 0 Å². The number of aryl methyl sites for hydroxylation is 1. The van der Waals surface area contributed by atoms with Crippen molar-refractivity contribution in [2.75, 3.05) is 19.8 Å². The molecule has 0 aliphatic carbocycles. The standard InChI is InChI=1S/C25H23F3N2O4/c1-15-10-18(34-14-25(26,27)28)3-5-19(15)16-2-4-20-17(11-16)6-9-30-22(20)13-33-23-12-29-8-7-21(23)24(31)32/h2-5,7-8,10-12,22,30H,6,9,13-14H2,1H3,(H,31,32)/t22-/m1/s1. The number of ether oxygens (including phenoxy) is 2. The van der Waals surface area contributed by atoms with Crippen molar-refractivity contribution in [2.24, 2.45) is 0 Å². The molecule has 34 heavy (non-hydrogen) atoms. The average Bonchev–Trinajstić information content (AvgIpc) is 2.80. The molecule has 0 amide bonds. The Labute approximate surface area is 194 Å². The fourth-order valence-electron chi connectivity index (χ4n) is 4.03. The molecule has 0 spiro atoms. The second kappa shape index (κ2) is 9.72. The van der Waals surface area contributed by atoms with Gasteiger partial charge in [-0.25, -0.2) is 4.79 Å². The van der Waals surface area contributed by atoms with Gasteiger partial charge in [-0.15, -0.1) is 0 Å². The van der Waals surface area contributed by atoms with Gasteiger partial charge in [-0.3, -0.25) is 4.98 Å². The van der Waals surface area contributed by atoms with Crippen molar-refractivity contribution in [3.05, 3.63) is 77.1 Å². The highest BCUT2D eigenvalue weighted by Gasteiger charge is 2.28. The lowest BCUT2D eigenvalue weighted by Gasteiger charge is -2.28. The lowest BCUT2D eigenvalue weighted by atomic mass is 9.90. The molecule has 0 radical (unpaired) electrons. The van der Waals surface area contributed by atoms with E-state index in [0.717, 1.165) is 40.8 Å². The molecule has 0 saturated carbocycles. The van der Waals surface area contributed by atoms with Crippen molar-refractivity contribution in [3.63, 3.8) is 0 Å². The van der Waals surface area contributed by atoms with E-state index in [9.17, 15) is 23.1 Å². The Morgan fingerprint density at radius 2 is 2.00 bits per heavy atom. The number of hydrogen-bond donors (Lipinski definition) is 2. The van der Waals surface area contributed by atoms with Gasteiger partial charge in [-0.1, -0.05) is 24.3 Å². The summed E-state index contributed by atoms with van der Waals surface area (Å²) in [4.78, 5) is 15.3. The van der Waals surface area contributed by atoms with E-state index >= 15 is 0 Å². The van der Waals surface area contributed by atoms with Crippen LogP contribution in [0.2, 0.25) is 0 Å². The maximum Gasteiger partial charge on any atom is 0.422 e. The lowest BCUT2D eigenvalue weighted by Crippen LogP contribution is -2.33. The number of pyridine rings is 1. The van der Waals surface area contributed by atoms with Gasteiger partial charge in [0.25, 0.3) is 0 Å². The molecule has 2 aromatic carbocycles. The van der Waals surface area contributed by atoms with Gasteiger partial charge in [0.15, 0.2) is 12.4 Å². The molecule has 3 aromatic rings. The molecule has 0 unspecified atom stereocenters. The third-order valence-corrected chi connectivity index (χ3v) is 5.64. The van der Waals surface area contributed by atoms with Gasteiger partial charge in [0, 0.05) is 6.20 Å². The number of halogens is 3. The number of carboxylic acid groups (broad SMARTS) is 1. The number of aromatic carboxylic acids is 1. The molecule has 2 heterocycles. The first-order chi connectivity index (χ1) is 16.2. The third kappa shape index (κ3) is 5.48. The second-order valence-electron chi connectivity index (χ2n) is 8.04. The Morgan fingerprint density at radius 3 is 2.74 bits per heavy atom. The monoisotopic (exact) mass is 472 g/mol. The minimum absolute atomic E-state index is 0.0551. The van der Waals surface area contributed by atoms with E-state index in [2.05, 4.69) is 16.4 Å². The zero-order valence-corrected chi connectivity index (χ0v) is 18.4. The molecular formula is C25H23F3N2O4. The van der Waals surface area contributed by atoms with Crippen LogP contribution in [0.3, 0.4) is 0 Å². The van der Waals surface area contributed by atoms with Crippen molar-refractivity contribution in [2.45, 2.75) is 25.6 Å². The number of alkyl halides is 3. The van der Waals surface area contributed by atoms with Crippen LogP contribution in [0, 0.1) is 6.92 Å². The van der Waals surface area contributed by atoms with E-state index in [4.69, 9.17) is 9.47 Å². The maximum atomic E-state index is 12.4. The summed E-state index contributed by atoms with van der Waals surface area (Å²) in [5.74, 6) is -0.692. The normalized spacial score (nSPS) is 15.5. The number of nitrogens with one attached hydrogen (secondary N) is 1. The van der Waals surface area contributed by atoms with Crippen LogP contribution >= 0.6 is 0 Å². The summed E-state index contributed by atoms with van der Waals surface area (Å²) in [6.45, 7) is 1.48. The first-order valence-electron chi connectivity index (χ1n) is 10.7. The average molecular weight is 472 g/mol. The highest BCUT2D eigenvalue weighted by Crippen LogP contribution is 2.32. The van der Waals surface area contributed by atoms with Crippen LogP contribution < -0.4 is 14.8 Å². The van der Waals surface area contributed by atoms with Gasteiger partial charge < -0.3 is 19.9 Å². The molecular weight excluding hydrogens is 449 g/mol. The quantitative estimate of drug-likeness (QED) is 0.506. The summed E-state index contributed by atoms with van der Waals surface area (Å²) >= 11 is 0. The number of rotatable bonds is 7. The largest absolute Gasteiger partial charge is 0.489 e. The van der Waals surface area contributed by atoms with Crippen molar-refractivity contribution >= 4 is 5.97 Å². The highest BCUT2D eigenvalue weighted by atomic mass is 19.4. The molecule has 6 nitrogen and oxygen atoms in total. The Morgan fingerprint density at radius 1 is 1.18 bits per heavy atom. The first-order valence-corrected chi connectivity index (χ1v) is 10.7. The van der Waals surface area contributed by atoms with E-state index in [0.29, 0.717) is 0 Å². The Kier molecular flexibility index (Phi) is 6.74. The van der Waals surface area contributed by atoms with Crippen LogP contribution in [0.4, 0.5) is 13.2 Å². The van der Waals surface area contributed by atoms with Crippen LogP contribution in [0.15, 0.2) is 54.9 Å². The molecule has 4 rings (SSSR count). The first kappa shape index (κ1) is 23.6. The molecule has 0 fully saturated rings. The van der Waals surface area contributed by atoms with Crippen molar-refractivity contribution in [1.82, 2.24) is 10.3 Å². The maximum absolute atomic E-state index is 12.4.